The third kappa shape index (κ3) is 4.71. The number of hydrogen-bond donors (Lipinski definition) is 1. The number of anilines is 1. The van der Waals surface area contributed by atoms with Gasteiger partial charge >= 0.3 is 5.97 Å². The van der Waals surface area contributed by atoms with E-state index in [2.05, 4.69) is 11.8 Å². The molecule has 24 heavy (non-hydrogen) atoms. The van der Waals surface area contributed by atoms with E-state index in [1.165, 1.54) is 18.4 Å². The number of alkyl halides is 1. The highest BCUT2D eigenvalue weighted by Crippen LogP contribution is 2.34. The van der Waals surface area contributed by atoms with E-state index in [0.29, 0.717) is 41.1 Å². The molecule has 1 aromatic heterocycles. The third-order valence-corrected chi connectivity index (χ3v) is 4.88. The first-order chi connectivity index (χ1) is 11.2. The van der Waals surface area contributed by atoms with Gasteiger partial charge in [0.25, 0.3) is 0 Å². The minimum absolute atomic E-state index is 0.159. The molecule has 0 atom stereocenters. The topological polar surface area (TPSA) is 49.8 Å². The second-order valence-corrected chi connectivity index (χ2v) is 8.12. The molecule has 132 valence electrons. The third-order valence-electron chi connectivity index (χ3n) is 3.86. The number of carbonyl (C=O) groups excluding carboxylic acids is 1. The summed E-state index contributed by atoms with van der Waals surface area (Å²) < 4.78 is 18.1. The molecule has 1 heterocycles. The maximum Gasteiger partial charge on any atom is 0.350 e. The van der Waals surface area contributed by atoms with Crippen LogP contribution in [0.4, 0.5) is 10.1 Å². The summed E-state index contributed by atoms with van der Waals surface area (Å²) in [5.41, 5.74) is 0.237. The number of carbonyl (C=O) groups is 1. The van der Waals surface area contributed by atoms with E-state index < -0.39 is 12.1 Å². The molecule has 0 unspecified atom stereocenters. The molecular weight excluding hydrogens is 329 g/mol. The Bertz CT molecular complexity index is 645. The summed E-state index contributed by atoms with van der Waals surface area (Å²) in [7, 11) is 1.31. The van der Waals surface area contributed by atoms with E-state index in [-0.39, 0.29) is 11.5 Å². The summed E-state index contributed by atoms with van der Waals surface area (Å²) in [6, 6.07) is 1.51. The standard InChI is InChI=1S/C18H24FNO3S/c1-18(2,3)10-9-14-11-15(16(24-14)17(21)23-4)20(22)13-7-5-12(19)6-8-13/h11-13,22H,5-8H2,1-4H3. The van der Waals surface area contributed by atoms with E-state index >= 15 is 0 Å². The molecule has 4 nitrogen and oxygen atoms in total. The van der Waals surface area contributed by atoms with Crippen molar-refractivity contribution in [3.05, 3.63) is 15.8 Å². The van der Waals surface area contributed by atoms with Crippen molar-refractivity contribution in [1.29, 1.82) is 0 Å². The van der Waals surface area contributed by atoms with Gasteiger partial charge < -0.3 is 4.74 Å². The lowest BCUT2D eigenvalue weighted by Crippen LogP contribution is -2.36. The summed E-state index contributed by atoms with van der Waals surface area (Å²) in [4.78, 5) is 13.0. The molecule has 0 aliphatic heterocycles. The molecule has 6 heteroatoms. The van der Waals surface area contributed by atoms with Crippen LogP contribution in [0, 0.1) is 17.3 Å². The SMILES string of the molecule is COC(=O)c1sc(C#CC(C)(C)C)cc1N(O)C1CCC(F)CC1. The molecule has 0 spiro atoms. The van der Waals surface area contributed by atoms with Gasteiger partial charge in [0.15, 0.2) is 0 Å². The average Bonchev–Trinajstić information content (AvgIpc) is 2.96. The Morgan fingerprint density at radius 2 is 2.00 bits per heavy atom. The van der Waals surface area contributed by atoms with E-state index in [1.807, 2.05) is 20.8 Å². The number of methoxy groups -OCH3 is 1. The van der Waals surface area contributed by atoms with Gasteiger partial charge in [-0.2, -0.15) is 0 Å². The molecular formula is C18H24FNO3S. The molecule has 2 rings (SSSR count). The lowest BCUT2D eigenvalue weighted by molar-refractivity contribution is 0.0603. The molecule has 1 aromatic rings. The van der Waals surface area contributed by atoms with Crippen LogP contribution in [-0.2, 0) is 4.74 Å². The second kappa shape index (κ2) is 7.54. The predicted molar refractivity (Wildman–Crippen MR) is 93.4 cm³/mol. The lowest BCUT2D eigenvalue weighted by atomic mass is 9.93. The van der Waals surface area contributed by atoms with Crippen LogP contribution in [0.1, 0.15) is 61.0 Å². The zero-order chi connectivity index (χ0) is 17.9. The van der Waals surface area contributed by atoms with Gasteiger partial charge in [-0.05, 0) is 52.5 Å². The number of ether oxygens (including phenoxy) is 1. The first-order valence-electron chi connectivity index (χ1n) is 8.09. The van der Waals surface area contributed by atoms with Crippen LogP contribution in [0.25, 0.3) is 0 Å². The average molecular weight is 353 g/mol. The number of thiophene rings is 1. The summed E-state index contributed by atoms with van der Waals surface area (Å²) in [5, 5.41) is 11.7. The van der Waals surface area contributed by atoms with Crippen molar-refractivity contribution in [3.8, 4) is 11.8 Å². The number of hydroxylamine groups is 1. The Labute approximate surface area is 146 Å². The van der Waals surface area contributed by atoms with Crippen LogP contribution in [0.5, 0.6) is 0 Å². The van der Waals surface area contributed by atoms with Crippen LogP contribution in [0.15, 0.2) is 6.07 Å². The van der Waals surface area contributed by atoms with Crippen LogP contribution in [0.2, 0.25) is 0 Å². The van der Waals surface area contributed by atoms with Crippen molar-refractivity contribution < 1.29 is 19.1 Å². The summed E-state index contributed by atoms with van der Waals surface area (Å²) >= 11 is 1.20. The molecule has 1 saturated carbocycles. The number of halogens is 1. The molecule has 1 aliphatic carbocycles. The van der Waals surface area contributed by atoms with E-state index in [1.54, 1.807) is 6.07 Å². The van der Waals surface area contributed by atoms with E-state index in [0.717, 1.165) is 5.06 Å². The van der Waals surface area contributed by atoms with E-state index in [4.69, 9.17) is 4.74 Å². The number of hydrogen-bond acceptors (Lipinski definition) is 5. The number of rotatable bonds is 3. The maximum absolute atomic E-state index is 13.3. The fourth-order valence-corrected chi connectivity index (χ4v) is 3.49. The Morgan fingerprint density at radius 3 is 2.54 bits per heavy atom. The Kier molecular flexibility index (Phi) is 5.89. The normalized spacial score (nSPS) is 20.9. The fourth-order valence-electron chi connectivity index (χ4n) is 2.58. The van der Waals surface area contributed by atoms with Gasteiger partial charge in [0.05, 0.1) is 23.7 Å². The highest BCUT2D eigenvalue weighted by atomic mass is 32.1. The fraction of sp³-hybridized carbons (Fsp3) is 0.611. The molecule has 0 aromatic carbocycles. The van der Waals surface area contributed by atoms with Crippen LogP contribution < -0.4 is 5.06 Å². The van der Waals surface area contributed by atoms with Gasteiger partial charge in [-0.25, -0.2) is 9.18 Å². The summed E-state index contributed by atoms with van der Waals surface area (Å²) in [6.07, 6.45) is 1.16. The minimum atomic E-state index is -0.801. The van der Waals surface area contributed by atoms with Gasteiger partial charge in [0.1, 0.15) is 11.0 Å². The van der Waals surface area contributed by atoms with Crippen molar-refractivity contribution in [3.63, 3.8) is 0 Å². The van der Waals surface area contributed by atoms with Gasteiger partial charge in [0, 0.05) is 5.41 Å². The molecule has 0 amide bonds. The molecule has 1 fully saturated rings. The summed E-state index contributed by atoms with van der Waals surface area (Å²) in [5.74, 6) is 5.67. The Morgan fingerprint density at radius 1 is 1.38 bits per heavy atom. The first-order valence-corrected chi connectivity index (χ1v) is 8.90. The minimum Gasteiger partial charge on any atom is -0.465 e. The largest absolute Gasteiger partial charge is 0.465 e. The van der Waals surface area contributed by atoms with Gasteiger partial charge in [0.2, 0.25) is 0 Å². The van der Waals surface area contributed by atoms with Crippen molar-refractivity contribution in [2.75, 3.05) is 12.2 Å². The van der Waals surface area contributed by atoms with Gasteiger partial charge in [-0.3, -0.25) is 10.3 Å². The smallest absolute Gasteiger partial charge is 0.350 e. The van der Waals surface area contributed by atoms with E-state index in [9.17, 15) is 14.4 Å². The van der Waals surface area contributed by atoms with Crippen molar-refractivity contribution >= 4 is 23.0 Å². The summed E-state index contributed by atoms with van der Waals surface area (Å²) in [6.45, 7) is 6.01. The molecule has 1 aliphatic rings. The highest BCUT2D eigenvalue weighted by Gasteiger charge is 2.29. The predicted octanol–water partition coefficient (Wildman–Crippen LogP) is 4.41. The zero-order valence-electron chi connectivity index (χ0n) is 14.6. The Balaban J connectivity index is 2.30. The van der Waals surface area contributed by atoms with Gasteiger partial charge in [-0.15, -0.1) is 11.3 Å². The van der Waals surface area contributed by atoms with Crippen LogP contribution in [-0.4, -0.2) is 30.5 Å². The molecule has 1 N–H and O–H groups in total. The van der Waals surface area contributed by atoms with Crippen LogP contribution in [0.3, 0.4) is 0 Å². The van der Waals surface area contributed by atoms with Gasteiger partial charge in [-0.1, -0.05) is 11.8 Å². The Hall–Kier alpha value is -1.58. The van der Waals surface area contributed by atoms with Crippen LogP contribution >= 0.6 is 11.3 Å². The first kappa shape index (κ1) is 18.8. The highest BCUT2D eigenvalue weighted by molar-refractivity contribution is 7.15. The monoisotopic (exact) mass is 353 g/mol. The maximum atomic E-state index is 13.3. The van der Waals surface area contributed by atoms with Crippen molar-refractivity contribution in [2.24, 2.45) is 5.41 Å². The number of esters is 1. The second-order valence-electron chi connectivity index (χ2n) is 7.07. The molecule has 0 saturated heterocycles. The lowest BCUT2D eigenvalue weighted by Gasteiger charge is -2.31. The number of nitrogens with zero attached hydrogens (tertiary/aromatic N) is 1. The molecule has 0 bridgehead atoms. The quantitative estimate of drug-likeness (QED) is 0.497. The molecule has 0 radical (unpaired) electrons. The van der Waals surface area contributed by atoms with Crippen molar-refractivity contribution in [2.45, 2.75) is 58.7 Å². The van der Waals surface area contributed by atoms with Crippen molar-refractivity contribution in [1.82, 2.24) is 0 Å². The zero-order valence-corrected chi connectivity index (χ0v) is 15.4.